The van der Waals surface area contributed by atoms with Gasteiger partial charge in [0.25, 0.3) is 0 Å². The maximum atomic E-state index is 13.6. The van der Waals surface area contributed by atoms with Crippen molar-refractivity contribution in [1.29, 1.82) is 0 Å². The Morgan fingerprint density at radius 1 is 1.17 bits per heavy atom. The van der Waals surface area contributed by atoms with Gasteiger partial charge in [-0.05, 0) is 43.2 Å². The van der Waals surface area contributed by atoms with Gasteiger partial charge in [0, 0.05) is 43.4 Å². The lowest BCUT2D eigenvalue weighted by Gasteiger charge is -2.32. The van der Waals surface area contributed by atoms with Crippen LogP contribution in [0.15, 0.2) is 54.7 Å². The molecule has 3 heterocycles. The standard InChI is InChI=1S/C23H24FN5O/c1-2-22(30)29-12-6-7-16(15-29)23-27-20(19-10-3-4-11-25-19)14-21(28-23)26-18-9-5-8-17(24)13-18/h3-5,8-11,13-14,16H,2,6-7,12,15H2,1H3,(H,26,27,28). The summed E-state index contributed by atoms with van der Waals surface area (Å²) in [6.45, 7) is 3.26. The number of aromatic nitrogens is 3. The molecule has 2 aromatic heterocycles. The summed E-state index contributed by atoms with van der Waals surface area (Å²) >= 11 is 0. The van der Waals surface area contributed by atoms with Crippen LogP contribution in [0.4, 0.5) is 15.9 Å². The molecule has 1 N–H and O–H groups in total. The number of benzene rings is 1. The topological polar surface area (TPSA) is 71.0 Å². The third kappa shape index (κ3) is 4.62. The zero-order valence-corrected chi connectivity index (χ0v) is 16.9. The molecule has 3 aromatic rings. The Morgan fingerprint density at radius 2 is 2.07 bits per heavy atom. The van der Waals surface area contributed by atoms with Gasteiger partial charge in [0.15, 0.2) is 0 Å². The molecule has 0 radical (unpaired) electrons. The Morgan fingerprint density at radius 3 is 2.83 bits per heavy atom. The van der Waals surface area contributed by atoms with E-state index in [-0.39, 0.29) is 17.6 Å². The van der Waals surface area contributed by atoms with Crippen molar-refractivity contribution in [2.75, 3.05) is 18.4 Å². The Labute approximate surface area is 175 Å². The van der Waals surface area contributed by atoms with Crippen molar-refractivity contribution in [3.63, 3.8) is 0 Å². The molecule has 1 unspecified atom stereocenters. The van der Waals surface area contributed by atoms with Crippen LogP contribution in [0.5, 0.6) is 0 Å². The average molecular weight is 405 g/mol. The van der Waals surface area contributed by atoms with E-state index >= 15 is 0 Å². The third-order valence-corrected chi connectivity index (χ3v) is 5.21. The van der Waals surface area contributed by atoms with Gasteiger partial charge >= 0.3 is 0 Å². The molecule has 1 aliphatic heterocycles. The normalized spacial score (nSPS) is 16.3. The van der Waals surface area contributed by atoms with Gasteiger partial charge in [-0.1, -0.05) is 19.1 Å². The van der Waals surface area contributed by atoms with Crippen LogP contribution in [0.3, 0.4) is 0 Å². The summed E-state index contributed by atoms with van der Waals surface area (Å²) in [7, 11) is 0. The highest BCUT2D eigenvalue weighted by Gasteiger charge is 2.26. The SMILES string of the molecule is CCC(=O)N1CCCC(c2nc(Nc3cccc(F)c3)cc(-c3ccccn3)n2)C1. The first-order valence-electron chi connectivity index (χ1n) is 10.2. The van der Waals surface area contributed by atoms with E-state index in [1.54, 1.807) is 18.3 Å². The van der Waals surface area contributed by atoms with Crippen molar-refractivity contribution in [1.82, 2.24) is 19.9 Å². The number of likely N-dealkylation sites (tertiary alicyclic amines) is 1. The number of halogens is 1. The maximum absolute atomic E-state index is 13.6. The Hall–Kier alpha value is -3.35. The second kappa shape index (κ2) is 8.98. The molecule has 6 nitrogen and oxygen atoms in total. The van der Waals surface area contributed by atoms with E-state index in [4.69, 9.17) is 9.97 Å². The fraction of sp³-hybridized carbons (Fsp3) is 0.304. The van der Waals surface area contributed by atoms with Crippen LogP contribution in [-0.4, -0.2) is 38.8 Å². The number of carbonyl (C=O) groups is 1. The summed E-state index contributed by atoms with van der Waals surface area (Å²) in [6, 6.07) is 13.7. The van der Waals surface area contributed by atoms with E-state index in [1.807, 2.05) is 36.1 Å². The summed E-state index contributed by atoms with van der Waals surface area (Å²) in [5.74, 6) is 1.13. The molecule has 0 aliphatic carbocycles. The predicted molar refractivity (Wildman–Crippen MR) is 114 cm³/mol. The first kappa shape index (κ1) is 19.9. The lowest BCUT2D eigenvalue weighted by molar-refractivity contribution is -0.132. The molecule has 154 valence electrons. The second-order valence-electron chi connectivity index (χ2n) is 7.38. The van der Waals surface area contributed by atoms with E-state index in [9.17, 15) is 9.18 Å². The minimum atomic E-state index is -0.319. The van der Waals surface area contributed by atoms with Crippen molar-refractivity contribution >= 4 is 17.4 Å². The molecule has 1 aromatic carbocycles. The summed E-state index contributed by atoms with van der Waals surface area (Å²) in [5, 5.41) is 3.18. The second-order valence-corrected chi connectivity index (χ2v) is 7.38. The molecule has 1 atom stereocenters. The average Bonchev–Trinajstić information content (AvgIpc) is 2.79. The van der Waals surface area contributed by atoms with Crippen LogP contribution >= 0.6 is 0 Å². The van der Waals surface area contributed by atoms with Crippen LogP contribution in [0.25, 0.3) is 11.4 Å². The number of amides is 1. The quantitative estimate of drug-likeness (QED) is 0.675. The highest BCUT2D eigenvalue weighted by molar-refractivity contribution is 5.76. The first-order chi connectivity index (χ1) is 14.6. The Kier molecular flexibility index (Phi) is 5.97. The number of hydrogen-bond acceptors (Lipinski definition) is 5. The Bertz CT molecular complexity index is 1030. The highest BCUT2D eigenvalue weighted by atomic mass is 19.1. The smallest absolute Gasteiger partial charge is 0.222 e. The van der Waals surface area contributed by atoms with Crippen molar-refractivity contribution in [3.8, 4) is 11.4 Å². The summed E-state index contributed by atoms with van der Waals surface area (Å²) in [6.07, 6.45) is 4.05. The van der Waals surface area contributed by atoms with E-state index in [0.717, 1.165) is 25.1 Å². The Balaban J connectivity index is 1.69. The van der Waals surface area contributed by atoms with Crippen molar-refractivity contribution in [2.45, 2.75) is 32.1 Å². The molecule has 0 saturated carbocycles. The minimum absolute atomic E-state index is 0.0472. The summed E-state index contributed by atoms with van der Waals surface area (Å²) in [4.78, 5) is 28.0. The van der Waals surface area contributed by atoms with Crippen LogP contribution in [0.1, 0.15) is 37.9 Å². The fourth-order valence-corrected chi connectivity index (χ4v) is 3.71. The fourth-order valence-electron chi connectivity index (χ4n) is 3.71. The van der Waals surface area contributed by atoms with Gasteiger partial charge in [0.05, 0.1) is 11.4 Å². The molecule has 7 heteroatoms. The lowest BCUT2D eigenvalue weighted by Crippen LogP contribution is -2.39. The maximum Gasteiger partial charge on any atom is 0.222 e. The number of nitrogens with one attached hydrogen (secondary N) is 1. The molecule has 1 saturated heterocycles. The molecule has 0 bridgehead atoms. The van der Waals surface area contributed by atoms with Crippen molar-refractivity contribution in [2.24, 2.45) is 0 Å². The van der Waals surface area contributed by atoms with E-state index in [1.165, 1.54) is 12.1 Å². The number of carbonyl (C=O) groups excluding carboxylic acids is 1. The van der Waals surface area contributed by atoms with E-state index < -0.39 is 0 Å². The monoisotopic (exact) mass is 405 g/mol. The van der Waals surface area contributed by atoms with E-state index in [2.05, 4.69) is 10.3 Å². The van der Waals surface area contributed by atoms with Gasteiger partial charge in [0.1, 0.15) is 17.5 Å². The predicted octanol–water partition coefficient (Wildman–Crippen LogP) is 4.54. The van der Waals surface area contributed by atoms with Crippen LogP contribution in [0, 0.1) is 5.82 Å². The van der Waals surface area contributed by atoms with Crippen LogP contribution in [0.2, 0.25) is 0 Å². The highest BCUT2D eigenvalue weighted by Crippen LogP contribution is 2.29. The lowest BCUT2D eigenvalue weighted by atomic mass is 9.96. The van der Waals surface area contributed by atoms with Gasteiger partial charge < -0.3 is 10.2 Å². The number of rotatable bonds is 5. The third-order valence-electron chi connectivity index (χ3n) is 5.21. The molecule has 0 spiro atoms. The molecule has 1 fully saturated rings. The van der Waals surface area contributed by atoms with Crippen LogP contribution in [-0.2, 0) is 4.79 Å². The van der Waals surface area contributed by atoms with Gasteiger partial charge in [-0.3, -0.25) is 9.78 Å². The number of piperidine rings is 1. The number of hydrogen-bond donors (Lipinski definition) is 1. The molecular formula is C23H24FN5O. The number of pyridine rings is 1. The molecule has 1 aliphatic rings. The summed E-state index contributed by atoms with van der Waals surface area (Å²) in [5.41, 5.74) is 2.04. The van der Waals surface area contributed by atoms with Gasteiger partial charge in [-0.2, -0.15) is 0 Å². The minimum Gasteiger partial charge on any atom is -0.342 e. The molecular weight excluding hydrogens is 381 g/mol. The van der Waals surface area contributed by atoms with Crippen LogP contribution < -0.4 is 5.32 Å². The zero-order chi connectivity index (χ0) is 20.9. The summed E-state index contributed by atoms with van der Waals surface area (Å²) < 4.78 is 13.6. The first-order valence-corrected chi connectivity index (χ1v) is 10.2. The van der Waals surface area contributed by atoms with Crippen molar-refractivity contribution in [3.05, 3.63) is 66.4 Å². The number of nitrogens with zero attached hydrogens (tertiary/aromatic N) is 4. The largest absolute Gasteiger partial charge is 0.342 e. The van der Waals surface area contributed by atoms with Gasteiger partial charge in [0.2, 0.25) is 5.91 Å². The molecule has 30 heavy (non-hydrogen) atoms. The van der Waals surface area contributed by atoms with Gasteiger partial charge in [-0.15, -0.1) is 0 Å². The van der Waals surface area contributed by atoms with Crippen molar-refractivity contribution < 1.29 is 9.18 Å². The molecule has 4 rings (SSSR count). The zero-order valence-electron chi connectivity index (χ0n) is 16.9. The number of anilines is 2. The van der Waals surface area contributed by atoms with Gasteiger partial charge in [-0.25, -0.2) is 14.4 Å². The molecule has 1 amide bonds. The van der Waals surface area contributed by atoms with E-state index in [0.29, 0.717) is 36.0 Å².